The van der Waals surface area contributed by atoms with E-state index in [-0.39, 0.29) is 24.4 Å². The van der Waals surface area contributed by atoms with Crippen molar-refractivity contribution < 1.29 is 14.3 Å². The van der Waals surface area contributed by atoms with Crippen LogP contribution in [0.5, 0.6) is 0 Å². The van der Waals surface area contributed by atoms with Gasteiger partial charge in [0.15, 0.2) is 0 Å². The van der Waals surface area contributed by atoms with Crippen molar-refractivity contribution >= 4 is 11.9 Å². The lowest BCUT2D eigenvalue weighted by Crippen LogP contribution is -2.44. The summed E-state index contributed by atoms with van der Waals surface area (Å²) >= 11 is 0. The summed E-state index contributed by atoms with van der Waals surface area (Å²) < 4.78 is 4.55. The van der Waals surface area contributed by atoms with Crippen molar-refractivity contribution in [2.24, 2.45) is 11.7 Å². The molecule has 2 atom stereocenters. The highest BCUT2D eigenvalue weighted by Gasteiger charge is 2.29. The standard InChI is InChI=1S/C12H22N2O3/c1-14(8-11(15)17-2)12(16)9-6-4-3-5-7-10(9)13/h9-10H,3-8,13H2,1-2H3. The van der Waals surface area contributed by atoms with Gasteiger partial charge in [0.25, 0.3) is 0 Å². The molecule has 1 aliphatic rings. The third-order valence-corrected chi connectivity index (χ3v) is 3.36. The van der Waals surface area contributed by atoms with Gasteiger partial charge in [0.1, 0.15) is 6.54 Å². The number of nitrogens with zero attached hydrogens (tertiary/aromatic N) is 1. The predicted molar refractivity (Wildman–Crippen MR) is 64.2 cm³/mol. The van der Waals surface area contributed by atoms with Crippen molar-refractivity contribution in [1.29, 1.82) is 0 Å². The molecule has 2 N–H and O–H groups in total. The van der Waals surface area contributed by atoms with Crippen molar-refractivity contribution in [2.75, 3.05) is 20.7 Å². The molecule has 1 aliphatic carbocycles. The quantitative estimate of drug-likeness (QED) is 0.578. The zero-order valence-corrected chi connectivity index (χ0v) is 10.6. The molecule has 1 amide bonds. The summed E-state index contributed by atoms with van der Waals surface area (Å²) in [4.78, 5) is 24.7. The molecule has 0 aromatic rings. The Morgan fingerprint density at radius 2 is 1.94 bits per heavy atom. The molecule has 0 aromatic heterocycles. The van der Waals surface area contributed by atoms with Gasteiger partial charge in [-0.3, -0.25) is 9.59 Å². The molecule has 98 valence electrons. The average molecular weight is 242 g/mol. The fraction of sp³-hybridized carbons (Fsp3) is 0.833. The predicted octanol–water partition coefficient (Wildman–Crippen LogP) is 0.525. The van der Waals surface area contributed by atoms with Crippen LogP contribution in [0.1, 0.15) is 32.1 Å². The molecule has 17 heavy (non-hydrogen) atoms. The molecule has 0 saturated heterocycles. The SMILES string of the molecule is COC(=O)CN(C)C(=O)C1CCCCCC1N. The molecule has 1 fully saturated rings. The first-order chi connectivity index (χ1) is 8.06. The average Bonchev–Trinajstić information content (AvgIpc) is 2.52. The summed E-state index contributed by atoms with van der Waals surface area (Å²) in [7, 11) is 2.94. The van der Waals surface area contributed by atoms with Gasteiger partial charge >= 0.3 is 5.97 Å². The van der Waals surface area contributed by atoms with Gasteiger partial charge < -0.3 is 15.4 Å². The van der Waals surface area contributed by atoms with E-state index in [0.29, 0.717) is 0 Å². The molecule has 0 bridgehead atoms. The molecule has 0 spiro atoms. The van der Waals surface area contributed by atoms with E-state index in [1.165, 1.54) is 12.0 Å². The number of hydrogen-bond donors (Lipinski definition) is 1. The Morgan fingerprint density at radius 1 is 1.29 bits per heavy atom. The normalized spacial score (nSPS) is 24.9. The number of carbonyl (C=O) groups excluding carboxylic acids is 2. The lowest BCUT2D eigenvalue weighted by molar-refractivity contribution is -0.147. The van der Waals surface area contributed by atoms with Crippen molar-refractivity contribution in [3.05, 3.63) is 0 Å². The molecule has 0 radical (unpaired) electrons. The van der Waals surface area contributed by atoms with Gasteiger partial charge in [-0.05, 0) is 12.8 Å². The van der Waals surface area contributed by atoms with E-state index in [4.69, 9.17) is 5.73 Å². The molecule has 1 saturated carbocycles. The van der Waals surface area contributed by atoms with Gasteiger partial charge in [0.05, 0.1) is 13.0 Å². The van der Waals surface area contributed by atoms with Gasteiger partial charge in [-0.25, -0.2) is 0 Å². The number of carbonyl (C=O) groups is 2. The number of rotatable bonds is 3. The van der Waals surface area contributed by atoms with Gasteiger partial charge in [-0.15, -0.1) is 0 Å². The summed E-state index contributed by atoms with van der Waals surface area (Å²) in [6.07, 6.45) is 4.98. The first-order valence-electron chi connectivity index (χ1n) is 6.13. The Morgan fingerprint density at radius 3 is 2.59 bits per heavy atom. The second-order valence-corrected chi connectivity index (χ2v) is 4.68. The molecular formula is C12H22N2O3. The minimum atomic E-state index is -0.400. The van der Waals surface area contributed by atoms with Crippen LogP contribution >= 0.6 is 0 Å². The highest BCUT2D eigenvalue weighted by Crippen LogP contribution is 2.23. The molecule has 0 aliphatic heterocycles. The summed E-state index contributed by atoms with van der Waals surface area (Å²) in [6, 6.07) is -0.0786. The summed E-state index contributed by atoms with van der Waals surface area (Å²) in [5, 5.41) is 0. The molecular weight excluding hydrogens is 220 g/mol. The number of amides is 1. The van der Waals surface area contributed by atoms with Gasteiger partial charge in [0, 0.05) is 13.1 Å². The highest BCUT2D eigenvalue weighted by atomic mass is 16.5. The fourth-order valence-electron chi connectivity index (χ4n) is 2.26. The first kappa shape index (κ1) is 14.0. The van der Waals surface area contributed by atoms with Crippen LogP contribution in [0.4, 0.5) is 0 Å². The lowest BCUT2D eigenvalue weighted by atomic mass is 9.94. The number of ether oxygens (including phenoxy) is 1. The lowest BCUT2D eigenvalue weighted by Gasteiger charge is -2.25. The van der Waals surface area contributed by atoms with E-state index in [0.717, 1.165) is 32.1 Å². The molecule has 0 aromatic carbocycles. The Kier molecular flexibility index (Phi) is 5.41. The van der Waals surface area contributed by atoms with E-state index in [1.807, 2.05) is 0 Å². The topological polar surface area (TPSA) is 72.6 Å². The third kappa shape index (κ3) is 4.00. The number of nitrogens with two attached hydrogens (primary N) is 1. The van der Waals surface area contributed by atoms with Crippen LogP contribution in [0, 0.1) is 5.92 Å². The van der Waals surface area contributed by atoms with Crippen molar-refractivity contribution in [2.45, 2.75) is 38.1 Å². The molecule has 5 heteroatoms. The van der Waals surface area contributed by atoms with Gasteiger partial charge in [0.2, 0.25) is 5.91 Å². The van der Waals surface area contributed by atoms with Crippen LogP contribution in [0.3, 0.4) is 0 Å². The summed E-state index contributed by atoms with van der Waals surface area (Å²) in [5.41, 5.74) is 6.02. The van der Waals surface area contributed by atoms with Crippen LogP contribution in [-0.4, -0.2) is 43.5 Å². The number of likely N-dealkylation sites (N-methyl/N-ethyl adjacent to an activating group) is 1. The van der Waals surface area contributed by atoms with E-state index >= 15 is 0 Å². The second kappa shape index (κ2) is 6.59. The largest absolute Gasteiger partial charge is 0.468 e. The maximum absolute atomic E-state index is 12.2. The second-order valence-electron chi connectivity index (χ2n) is 4.68. The number of hydrogen-bond acceptors (Lipinski definition) is 4. The monoisotopic (exact) mass is 242 g/mol. The number of methoxy groups -OCH3 is 1. The number of esters is 1. The van der Waals surface area contributed by atoms with E-state index < -0.39 is 5.97 Å². The minimum absolute atomic E-state index is 0.00144. The van der Waals surface area contributed by atoms with Crippen LogP contribution in [0.25, 0.3) is 0 Å². The van der Waals surface area contributed by atoms with E-state index in [1.54, 1.807) is 7.05 Å². The van der Waals surface area contributed by atoms with Crippen molar-refractivity contribution in [1.82, 2.24) is 4.90 Å². The summed E-state index contributed by atoms with van der Waals surface area (Å²) in [6.45, 7) is -0.00144. The molecule has 5 nitrogen and oxygen atoms in total. The Balaban J connectivity index is 2.57. The maximum atomic E-state index is 12.2. The zero-order valence-electron chi connectivity index (χ0n) is 10.6. The molecule has 2 unspecified atom stereocenters. The maximum Gasteiger partial charge on any atom is 0.325 e. The van der Waals surface area contributed by atoms with Crippen LogP contribution in [0.15, 0.2) is 0 Å². The molecule has 0 heterocycles. The smallest absolute Gasteiger partial charge is 0.325 e. The van der Waals surface area contributed by atoms with Crippen molar-refractivity contribution in [3.63, 3.8) is 0 Å². The highest BCUT2D eigenvalue weighted by molar-refractivity contribution is 5.83. The third-order valence-electron chi connectivity index (χ3n) is 3.36. The van der Waals surface area contributed by atoms with E-state index in [9.17, 15) is 9.59 Å². The fourth-order valence-corrected chi connectivity index (χ4v) is 2.26. The Bertz CT molecular complexity index is 281. The van der Waals surface area contributed by atoms with Gasteiger partial charge in [-0.2, -0.15) is 0 Å². The Hall–Kier alpha value is -1.10. The van der Waals surface area contributed by atoms with E-state index in [2.05, 4.69) is 4.74 Å². The van der Waals surface area contributed by atoms with Crippen molar-refractivity contribution in [3.8, 4) is 0 Å². The molecule has 1 rings (SSSR count). The first-order valence-corrected chi connectivity index (χ1v) is 6.13. The minimum Gasteiger partial charge on any atom is -0.468 e. The van der Waals surface area contributed by atoms with Crippen LogP contribution in [0.2, 0.25) is 0 Å². The van der Waals surface area contributed by atoms with Crippen LogP contribution < -0.4 is 5.73 Å². The van der Waals surface area contributed by atoms with Gasteiger partial charge in [-0.1, -0.05) is 19.3 Å². The van der Waals surface area contributed by atoms with Crippen LogP contribution in [-0.2, 0) is 14.3 Å². The zero-order chi connectivity index (χ0) is 12.8. The Labute approximate surface area is 102 Å². The summed E-state index contributed by atoms with van der Waals surface area (Å²) in [5.74, 6) is -0.583.